The first-order valence-corrected chi connectivity index (χ1v) is 11.3. The molecule has 0 fully saturated rings. The minimum atomic E-state index is -0.262. The van der Waals surface area contributed by atoms with Gasteiger partial charge in [-0.3, -0.25) is 14.4 Å². The Morgan fingerprint density at radius 2 is 1.39 bits per heavy atom. The van der Waals surface area contributed by atoms with Gasteiger partial charge in [-0.2, -0.15) is 0 Å². The van der Waals surface area contributed by atoms with Gasteiger partial charge in [-0.1, -0.05) is 56.3 Å². The van der Waals surface area contributed by atoms with E-state index in [0.717, 1.165) is 6.42 Å². The molecule has 2 aromatic rings. The fraction of sp³-hybridized carbons (Fsp3) is 0.519. The fourth-order valence-electron chi connectivity index (χ4n) is 4.07. The van der Waals surface area contributed by atoms with Crippen LogP contribution in [0.4, 0.5) is 0 Å². The van der Waals surface area contributed by atoms with E-state index in [1.165, 1.54) is 16.3 Å². The summed E-state index contributed by atoms with van der Waals surface area (Å²) in [6, 6.07) is 14.4. The first kappa shape index (κ1) is 24.8. The maximum absolute atomic E-state index is 12.5. The summed E-state index contributed by atoms with van der Waals surface area (Å²) in [4.78, 5) is 36.9. The lowest BCUT2D eigenvalue weighted by Gasteiger charge is -2.21. The number of ketones is 2. The molecule has 0 aromatic heterocycles. The zero-order valence-corrected chi connectivity index (χ0v) is 19.7. The lowest BCUT2D eigenvalue weighted by atomic mass is 9.91. The highest BCUT2D eigenvalue weighted by Gasteiger charge is 2.19. The van der Waals surface area contributed by atoms with Crippen molar-refractivity contribution in [3.63, 3.8) is 0 Å². The molecule has 2 rings (SSSR count). The third-order valence-corrected chi connectivity index (χ3v) is 5.33. The smallest absolute Gasteiger partial charge is 0.220 e. The number of nitrogens with one attached hydrogen (secondary N) is 1. The zero-order valence-electron chi connectivity index (χ0n) is 19.7. The van der Waals surface area contributed by atoms with Crippen molar-refractivity contribution < 1.29 is 14.4 Å². The summed E-state index contributed by atoms with van der Waals surface area (Å²) < 4.78 is 0. The van der Waals surface area contributed by atoms with Crippen molar-refractivity contribution in [3.05, 3.63) is 48.0 Å². The van der Waals surface area contributed by atoms with Gasteiger partial charge in [0.15, 0.2) is 0 Å². The van der Waals surface area contributed by atoms with Crippen molar-refractivity contribution in [1.82, 2.24) is 5.32 Å². The number of hydrogen-bond donors (Lipinski definition) is 1. The molecule has 0 radical (unpaired) electrons. The van der Waals surface area contributed by atoms with Crippen LogP contribution in [0.5, 0.6) is 0 Å². The molecule has 31 heavy (non-hydrogen) atoms. The molecule has 0 unspecified atom stereocenters. The molecule has 4 heteroatoms. The zero-order chi connectivity index (χ0) is 23.0. The predicted molar refractivity (Wildman–Crippen MR) is 127 cm³/mol. The van der Waals surface area contributed by atoms with Crippen molar-refractivity contribution in [1.29, 1.82) is 0 Å². The van der Waals surface area contributed by atoms with E-state index in [2.05, 4.69) is 29.6 Å². The number of carbonyl (C=O) groups is 3. The molecule has 0 aliphatic rings. The average molecular weight is 424 g/mol. The van der Waals surface area contributed by atoms with E-state index in [4.69, 9.17) is 0 Å². The van der Waals surface area contributed by atoms with E-state index in [-0.39, 0.29) is 34.8 Å². The molecule has 0 bridgehead atoms. The predicted octanol–water partition coefficient (Wildman–Crippen LogP) is 5.66. The summed E-state index contributed by atoms with van der Waals surface area (Å²) in [6.07, 6.45) is 2.77. The molecule has 1 amide bonds. The lowest BCUT2D eigenvalue weighted by molar-refractivity contribution is -0.124. The molecule has 0 saturated heterocycles. The van der Waals surface area contributed by atoms with Crippen LogP contribution in [0.1, 0.15) is 72.3 Å². The highest BCUT2D eigenvalue weighted by atomic mass is 16.2. The molecular weight excluding hydrogens is 386 g/mol. The van der Waals surface area contributed by atoms with Gasteiger partial charge in [0, 0.05) is 37.6 Å². The third kappa shape index (κ3) is 9.04. The molecule has 0 aliphatic carbocycles. The summed E-state index contributed by atoms with van der Waals surface area (Å²) in [6.45, 7) is 9.73. The summed E-state index contributed by atoms with van der Waals surface area (Å²) in [5, 5.41) is 5.32. The second-order valence-corrected chi connectivity index (χ2v) is 10.0. The highest BCUT2D eigenvalue weighted by molar-refractivity contribution is 5.87. The molecule has 4 nitrogen and oxygen atoms in total. The van der Waals surface area contributed by atoms with E-state index in [1.807, 2.05) is 52.8 Å². The summed E-state index contributed by atoms with van der Waals surface area (Å²) >= 11 is 0. The second kappa shape index (κ2) is 11.2. The van der Waals surface area contributed by atoms with Gasteiger partial charge in [0.1, 0.15) is 11.6 Å². The molecule has 2 aromatic carbocycles. The van der Waals surface area contributed by atoms with Gasteiger partial charge in [-0.15, -0.1) is 0 Å². The minimum Gasteiger partial charge on any atom is -0.352 e. The first-order valence-electron chi connectivity index (χ1n) is 11.3. The van der Waals surface area contributed by atoms with Crippen LogP contribution in [0.2, 0.25) is 0 Å². The van der Waals surface area contributed by atoms with E-state index in [0.29, 0.717) is 32.1 Å². The number of hydrogen-bond acceptors (Lipinski definition) is 3. The Morgan fingerprint density at radius 3 is 2.06 bits per heavy atom. The van der Waals surface area contributed by atoms with Gasteiger partial charge in [-0.05, 0) is 55.4 Å². The van der Waals surface area contributed by atoms with Crippen LogP contribution in [0.3, 0.4) is 0 Å². The van der Waals surface area contributed by atoms with Gasteiger partial charge in [0.2, 0.25) is 5.91 Å². The standard InChI is InChI=1S/C27H37NO3/c1-19(16-24(30)17-20(2)18-26(31)28-27(3,4)5)15-23(29)14-13-22-11-8-10-21-9-6-7-12-25(21)22/h6-12,19-20H,13-18H2,1-5H3,(H,28,31)/t19-,20+/m0/s1. The van der Waals surface area contributed by atoms with Crippen molar-refractivity contribution in [2.24, 2.45) is 11.8 Å². The van der Waals surface area contributed by atoms with Crippen molar-refractivity contribution in [2.45, 2.75) is 78.7 Å². The molecule has 1 N–H and O–H groups in total. The summed E-state index contributed by atoms with van der Waals surface area (Å²) in [5.41, 5.74) is 0.930. The van der Waals surface area contributed by atoms with E-state index >= 15 is 0 Å². The van der Waals surface area contributed by atoms with Gasteiger partial charge in [0.25, 0.3) is 0 Å². The Labute approximate surface area is 186 Å². The number of carbonyl (C=O) groups excluding carboxylic acids is 3. The Kier molecular flexibility index (Phi) is 8.97. The van der Waals surface area contributed by atoms with Crippen molar-refractivity contribution in [3.8, 4) is 0 Å². The summed E-state index contributed by atoms with van der Waals surface area (Å²) in [5.74, 6) is 0.341. The third-order valence-electron chi connectivity index (χ3n) is 5.33. The Morgan fingerprint density at radius 1 is 0.806 bits per heavy atom. The number of aryl methyl sites for hydroxylation is 1. The average Bonchev–Trinajstić information content (AvgIpc) is 2.64. The fourth-order valence-corrected chi connectivity index (χ4v) is 4.07. The number of fused-ring (bicyclic) bond motifs is 1. The van der Waals surface area contributed by atoms with Crippen molar-refractivity contribution >= 4 is 28.2 Å². The van der Waals surface area contributed by atoms with E-state index in [1.54, 1.807) is 0 Å². The van der Waals surface area contributed by atoms with Crippen LogP contribution in [-0.4, -0.2) is 23.0 Å². The van der Waals surface area contributed by atoms with E-state index in [9.17, 15) is 14.4 Å². The molecule has 168 valence electrons. The van der Waals surface area contributed by atoms with Crippen LogP contribution < -0.4 is 5.32 Å². The number of amides is 1. The highest BCUT2D eigenvalue weighted by Crippen LogP contribution is 2.21. The van der Waals surface area contributed by atoms with Crippen molar-refractivity contribution in [2.75, 3.05) is 0 Å². The lowest BCUT2D eigenvalue weighted by Crippen LogP contribution is -2.41. The quantitative estimate of drug-likeness (QED) is 0.507. The topological polar surface area (TPSA) is 63.2 Å². The number of benzene rings is 2. The minimum absolute atomic E-state index is 0.00381. The molecule has 0 heterocycles. The van der Waals surface area contributed by atoms with Crippen LogP contribution in [0.15, 0.2) is 42.5 Å². The first-order chi connectivity index (χ1) is 14.5. The Balaban J connectivity index is 1.74. The van der Waals surface area contributed by atoms with Crippen LogP contribution in [0.25, 0.3) is 10.8 Å². The number of Topliss-reactive ketones (excluding diaryl/α,β-unsaturated/α-hetero) is 2. The van der Waals surface area contributed by atoms with E-state index < -0.39 is 0 Å². The van der Waals surface area contributed by atoms with Crippen LogP contribution in [0, 0.1) is 11.8 Å². The monoisotopic (exact) mass is 423 g/mol. The maximum Gasteiger partial charge on any atom is 0.220 e. The molecule has 0 saturated carbocycles. The largest absolute Gasteiger partial charge is 0.352 e. The van der Waals surface area contributed by atoms with Crippen LogP contribution in [-0.2, 0) is 20.8 Å². The van der Waals surface area contributed by atoms with Gasteiger partial charge in [0.05, 0.1) is 0 Å². The Bertz CT molecular complexity index is 905. The van der Waals surface area contributed by atoms with Crippen LogP contribution >= 0.6 is 0 Å². The van der Waals surface area contributed by atoms with Gasteiger partial charge < -0.3 is 5.32 Å². The maximum atomic E-state index is 12.5. The summed E-state index contributed by atoms with van der Waals surface area (Å²) in [7, 11) is 0. The van der Waals surface area contributed by atoms with Gasteiger partial charge >= 0.3 is 0 Å². The molecule has 2 atom stereocenters. The second-order valence-electron chi connectivity index (χ2n) is 10.0. The van der Waals surface area contributed by atoms with Gasteiger partial charge in [-0.25, -0.2) is 0 Å². The number of rotatable bonds is 11. The molecule has 0 aliphatic heterocycles. The Hall–Kier alpha value is -2.49. The molecular formula is C27H37NO3. The molecule has 0 spiro atoms. The normalized spacial score (nSPS) is 13.6. The SMILES string of the molecule is C[C@@H](CC(=O)CCc1cccc2ccccc12)CC(=O)C[C@@H](C)CC(=O)NC(C)(C)C.